The molecule has 0 aromatic heterocycles. The normalized spacial score (nSPS) is 23.3. The van der Waals surface area contributed by atoms with Gasteiger partial charge < -0.3 is 14.6 Å². The molecule has 5 heteroatoms. The van der Waals surface area contributed by atoms with Gasteiger partial charge in [-0.25, -0.2) is 4.79 Å². The van der Waals surface area contributed by atoms with Crippen molar-refractivity contribution in [3.8, 4) is 0 Å². The SMILES string of the molecule is CCCC(C)C(O)C1COCCN1C(=O)OC(C)(C)C. The van der Waals surface area contributed by atoms with Gasteiger partial charge in [-0.3, -0.25) is 4.90 Å². The fourth-order valence-corrected chi connectivity index (χ4v) is 2.46. The number of aliphatic hydroxyl groups excluding tert-OH is 1. The van der Waals surface area contributed by atoms with Crippen LogP contribution < -0.4 is 0 Å². The quantitative estimate of drug-likeness (QED) is 0.862. The fraction of sp³-hybridized carbons (Fsp3) is 0.933. The van der Waals surface area contributed by atoms with Crippen LogP contribution in [-0.2, 0) is 9.47 Å². The van der Waals surface area contributed by atoms with Crippen LogP contribution in [0.3, 0.4) is 0 Å². The lowest BCUT2D eigenvalue weighted by atomic mass is 9.93. The van der Waals surface area contributed by atoms with Gasteiger partial charge in [0.2, 0.25) is 0 Å². The molecule has 1 heterocycles. The summed E-state index contributed by atoms with van der Waals surface area (Å²) in [5.74, 6) is 0.136. The van der Waals surface area contributed by atoms with E-state index in [9.17, 15) is 9.90 Å². The maximum atomic E-state index is 12.2. The van der Waals surface area contributed by atoms with Crippen LogP contribution in [-0.4, -0.2) is 53.6 Å². The molecule has 5 nitrogen and oxygen atoms in total. The van der Waals surface area contributed by atoms with Gasteiger partial charge in [0.05, 0.1) is 25.4 Å². The van der Waals surface area contributed by atoms with Crippen molar-refractivity contribution in [1.29, 1.82) is 0 Å². The minimum absolute atomic E-state index is 0.136. The Labute approximate surface area is 122 Å². The third-order valence-corrected chi connectivity index (χ3v) is 3.51. The predicted molar refractivity (Wildman–Crippen MR) is 77.6 cm³/mol. The Morgan fingerprint density at radius 3 is 2.70 bits per heavy atom. The molecular weight excluding hydrogens is 258 g/mol. The summed E-state index contributed by atoms with van der Waals surface area (Å²) in [6.45, 7) is 11.0. The smallest absolute Gasteiger partial charge is 0.410 e. The lowest BCUT2D eigenvalue weighted by Crippen LogP contribution is -2.56. The van der Waals surface area contributed by atoms with Crippen LogP contribution in [0.2, 0.25) is 0 Å². The second kappa shape index (κ2) is 7.27. The van der Waals surface area contributed by atoms with E-state index in [-0.39, 0.29) is 18.1 Å². The molecule has 1 saturated heterocycles. The van der Waals surface area contributed by atoms with Crippen molar-refractivity contribution in [2.75, 3.05) is 19.8 Å². The summed E-state index contributed by atoms with van der Waals surface area (Å²) in [4.78, 5) is 13.9. The molecule has 0 aliphatic carbocycles. The molecule has 3 unspecified atom stereocenters. The van der Waals surface area contributed by atoms with Gasteiger partial charge >= 0.3 is 6.09 Å². The standard InChI is InChI=1S/C15H29NO4/c1-6-7-11(2)13(17)12-10-19-9-8-16(12)14(18)20-15(3,4)5/h11-13,17H,6-10H2,1-5H3. The number of carbonyl (C=O) groups excluding carboxylic acids is 1. The number of carbonyl (C=O) groups is 1. The lowest BCUT2D eigenvalue weighted by molar-refractivity contribution is -0.0783. The highest BCUT2D eigenvalue weighted by molar-refractivity contribution is 5.68. The van der Waals surface area contributed by atoms with E-state index in [1.54, 1.807) is 4.90 Å². The Morgan fingerprint density at radius 1 is 1.50 bits per heavy atom. The van der Waals surface area contributed by atoms with Crippen molar-refractivity contribution < 1.29 is 19.4 Å². The van der Waals surface area contributed by atoms with Crippen LogP contribution in [0, 0.1) is 5.92 Å². The first-order chi connectivity index (χ1) is 9.26. The maximum absolute atomic E-state index is 12.2. The number of ether oxygens (including phenoxy) is 2. The fourth-order valence-electron chi connectivity index (χ4n) is 2.46. The van der Waals surface area contributed by atoms with Crippen molar-refractivity contribution in [3.63, 3.8) is 0 Å². The molecule has 0 aromatic carbocycles. The van der Waals surface area contributed by atoms with Crippen molar-refractivity contribution in [3.05, 3.63) is 0 Å². The number of hydrogen-bond acceptors (Lipinski definition) is 4. The van der Waals surface area contributed by atoms with Gasteiger partial charge in [-0.15, -0.1) is 0 Å². The molecule has 0 spiro atoms. The highest BCUT2D eigenvalue weighted by Crippen LogP contribution is 2.22. The van der Waals surface area contributed by atoms with E-state index in [1.165, 1.54) is 0 Å². The van der Waals surface area contributed by atoms with Crippen molar-refractivity contribution in [2.45, 2.75) is 65.2 Å². The Kier molecular flexibility index (Phi) is 6.27. The average molecular weight is 287 g/mol. The molecule has 1 fully saturated rings. The number of rotatable bonds is 4. The molecule has 1 N–H and O–H groups in total. The molecule has 1 amide bonds. The van der Waals surface area contributed by atoms with Crippen molar-refractivity contribution in [1.82, 2.24) is 4.90 Å². The third-order valence-electron chi connectivity index (χ3n) is 3.51. The van der Waals surface area contributed by atoms with Crippen molar-refractivity contribution >= 4 is 6.09 Å². The highest BCUT2D eigenvalue weighted by atomic mass is 16.6. The molecule has 1 aliphatic heterocycles. The minimum atomic E-state index is -0.581. The van der Waals surface area contributed by atoms with Gasteiger partial charge in [-0.05, 0) is 33.1 Å². The number of aliphatic hydroxyl groups is 1. The second-order valence-electron chi connectivity index (χ2n) is 6.57. The van der Waals surface area contributed by atoms with E-state index in [0.29, 0.717) is 19.8 Å². The highest BCUT2D eigenvalue weighted by Gasteiger charge is 2.37. The Balaban J connectivity index is 2.73. The first-order valence-electron chi connectivity index (χ1n) is 7.51. The zero-order valence-electron chi connectivity index (χ0n) is 13.4. The number of nitrogens with zero attached hydrogens (tertiary/aromatic N) is 1. The van der Waals surface area contributed by atoms with Gasteiger partial charge in [0.25, 0.3) is 0 Å². The average Bonchev–Trinajstić information content (AvgIpc) is 2.36. The van der Waals surface area contributed by atoms with E-state index in [4.69, 9.17) is 9.47 Å². The molecule has 3 atom stereocenters. The predicted octanol–water partition coefficient (Wildman–Crippen LogP) is 2.42. The first kappa shape index (κ1) is 17.2. The molecule has 0 radical (unpaired) electrons. The second-order valence-corrected chi connectivity index (χ2v) is 6.57. The minimum Gasteiger partial charge on any atom is -0.444 e. The van der Waals surface area contributed by atoms with Crippen LogP contribution in [0.15, 0.2) is 0 Å². The van der Waals surface area contributed by atoms with Crippen LogP contribution in [0.5, 0.6) is 0 Å². The van der Waals surface area contributed by atoms with E-state index >= 15 is 0 Å². The summed E-state index contributed by atoms with van der Waals surface area (Å²) in [7, 11) is 0. The molecule has 0 bridgehead atoms. The summed E-state index contributed by atoms with van der Waals surface area (Å²) in [6.07, 6.45) is 0.995. The zero-order chi connectivity index (χ0) is 15.3. The molecule has 20 heavy (non-hydrogen) atoms. The molecule has 118 valence electrons. The largest absolute Gasteiger partial charge is 0.444 e. The van der Waals surface area contributed by atoms with Crippen LogP contribution >= 0.6 is 0 Å². The number of amides is 1. The van der Waals surface area contributed by atoms with Crippen LogP contribution in [0.1, 0.15) is 47.5 Å². The van der Waals surface area contributed by atoms with E-state index in [0.717, 1.165) is 12.8 Å². The molecule has 1 rings (SSSR count). The summed E-state index contributed by atoms with van der Waals surface area (Å²) >= 11 is 0. The summed E-state index contributed by atoms with van der Waals surface area (Å²) in [5.41, 5.74) is -0.528. The van der Waals surface area contributed by atoms with Gasteiger partial charge in [0.1, 0.15) is 5.60 Å². The van der Waals surface area contributed by atoms with E-state index in [2.05, 4.69) is 6.92 Å². The van der Waals surface area contributed by atoms with Gasteiger partial charge in [0.15, 0.2) is 0 Å². The third kappa shape index (κ3) is 4.94. The topological polar surface area (TPSA) is 59.0 Å². The summed E-state index contributed by atoms with van der Waals surface area (Å²) in [6, 6.07) is -0.319. The van der Waals surface area contributed by atoms with E-state index in [1.807, 2.05) is 27.7 Å². The van der Waals surface area contributed by atoms with Crippen LogP contribution in [0.4, 0.5) is 4.79 Å². The molecule has 0 saturated carbocycles. The van der Waals surface area contributed by atoms with Gasteiger partial charge in [0, 0.05) is 6.54 Å². The Bertz CT molecular complexity index is 313. The van der Waals surface area contributed by atoms with Crippen LogP contribution in [0.25, 0.3) is 0 Å². The van der Waals surface area contributed by atoms with Gasteiger partial charge in [-0.1, -0.05) is 20.3 Å². The number of morpholine rings is 1. The number of hydrogen-bond donors (Lipinski definition) is 1. The summed E-state index contributed by atoms with van der Waals surface area (Å²) < 4.78 is 10.9. The molecular formula is C15H29NO4. The maximum Gasteiger partial charge on any atom is 0.410 e. The van der Waals surface area contributed by atoms with E-state index < -0.39 is 11.7 Å². The van der Waals surface area contributed by atoms with Gasteiger partial charge in [-0.2, -0.15) is 0 Å². The zero-order valence-corrected chi connectivity index (χ0v) is 13.4. The molecule has 0 aromatic rings. The monoisotopic (exact) mass is 287 g/mol. The molecule has 1 aliphatic rings. The first-order valence-corrected chi connectivity index (χ1v) is 7.51. The van der Waals surface area contributed by atoms with Crippen molar-refractivity contribution in [2.24, 2.45) is 5.92 Å². The lowest BCUT2D eigenvalue weighted by Gasteiger charge is -2.40. The Morgan fingerprint density at radius 2 is 2.15 bits per heavy atom. The Hall–Kier alpha value is -0.810. The summed E-state index contributed by atoms with van der Waals surface area (Å²) in [5, 5.41) is 10.5.